The van der Waals surface area contributed by atoms with Gasteiger partial charge in [-0.1, -0.05) is 24.6 Å². The molecule has 5 nitrogen and oxygen atoms in total. The summed E-state index contributed by atoms with van der Waals surface area (Å²) >= 11 is 0. The first-order valence-corrected chi connectivity index (χ1v) is 8.33. The van der Waals surface area contributed by atoms with Crippen molar-refractivity contribution in [3.8, 4) is 0 Å². The Kier molecular flexibility index (Phi) is 4.94. The van der Waals surface area contributed by atoms with Crippen molar-refractivity contribution in [3.63, 3.8) is 0 Å². The molecule has 3 rings (SSSR count). The van der Waals surface area contributed by atoms with E-state index in [0.717, 1.165) is 19.3 Å². The molecule has 1 amide bonds. The minimum absolute atomic E-state index is 0.0795. The van der Waals surface area contributed by atoms with Crippen molar-refractivity contribution in [1.82, 2.24) is 14.9 Å². The van der Waals surface area contributed by atoms with Gasteiger partial charge in [0.15, 0.2) is 0 Å². The van der Waals surface area contributed by atoms with Crippen LogP contribution in [-0.4, -0.2) is 21.5 Å². The van der Waals surface area contributed by atoms with E-state index in [0.29, 0.717) is 17.8 Å². The first kappa shape index (κ1) is 16.6. The van der Waals surface area contributed by atoms with Crippen molar-refractivity contribution in [2.75, 3.05) is 0 Å². The smallest absolute Gasteiger partial charge is 0.221 e. The fraction of sp³-hybridized carbons (Fsp3) is 0.444. The molecule has 0 radical (unpaired) electrons. The van der Waals surface area contributed by atoms with Crippen molar-refractivity contribution in [3.05, 3.63) is 53.9 Å². The molecule has 1 aliphatic carbocycles. The number of aryl methyl sites for hydroxylation is 1. The predicted octanol–water partition coefficient (Wildman–Crippen LogP) is 2.28. The Morgan fingerprint density at radius 2 is 2.25 bits per heavy atom. The van der Waals surface area contributed by atoms with Crippen molar-refractivity contribution in [1.29, 1.82) is 0 Å². The molecule has 1 aromatic heterocycles. The molecule has 3 atom stereocenters. The number of hydrogen-bond acceptors (Lipinski definition) is 3. The van der Waals surface area contributed by atoms with E-state index in [1.807, 2.05) is 7.05 Å². The average molecular weight is 330 g/mol. The van der Waals surface area contributed by atoms with Gasteiger partial charge in [0.2, 0.25) is 5.91 Å². The van der Waals surface area contributed by atoms with Gasteiger partial charge in [0.25, 0.3) is 0 Å². The van der Waals surface area contributed by atoms with Crippen molar-refractivity contribution < 1.29 is 9.18 Å². The normalized spacial score (nSPS) is 21.6. The SMILES string of the molecule is Cn1ccnc1C(NC(=O)C[C@@H]1CCC[C@H]1N)c1ccccc1F. The van der Waals surface area contributed by atoms with E-state index >= 15 is 0 Å². The molecule has 0 saturated heterocycles. The summed E-state index contributed by atoms with van der Waals surface area (Å²) in [5.41, 5.74) is 6.47. The molecule has 6 heteroatoms. The number of nitrogens with two attached hydrogens (primary N) is 1. The van der Waals surface area contributed by atoms with Crippen LogP contribution in [-0.2, 0) is 11.8 Å². The second kappa shape index (κ2) is 7.13. The average Bonchev–Trinajstić information content (AvgIpc) is 3.15. The van der Waals surface area contributed by atoms with Gasteiger partial charge in [-0.2, -0.15) is 0 Å². The molecule has 1 heterocycles. The number of rotatable bonds is 5. The molecule has 0 spiro atoms. The highest BCUT2D eigenvalue weighted by Gasteiger charge is 2.29. The van der Waals surface area contributed by atoms with Crippen molar-refractivity contribution in [2.45, 2.75) is 37.8 Å². The molecule has 3 N–H and O–H groups in total. The van der Waals surface area contributed by atoms with E-state index in [-0.39, 0.29) is 23.7 Å². The maximum Gasteiger partial charge on any atom is 0.221 e. The Morgan fingerprint density at radius 1 is 1.46 bits per heavy atom. The maximum atomic E-state index is 14.3. The zero-order valence-corrected chi connectivity index (χ0v) is 13.8. The van der Waals surface area contributed by atoms with Gasteiger partial charge in [0, 0.05) is 37.5 Å². The monoisotopic (exact) mass is 330 g/mol. The number of aromatic nitrogens is 2. The first-order valence-electron chi connectivity index (χ1n) is 8.33. The summed E-state index contributed by atoms with van der Waals surface area (Å²) in [5.74, 6) is 0.328. The van der Waals surface area contributed by atoms with Crippen LogP contribution in [0.25, 0.3) is 0 Å². The molecule has 0 bridgehead atoms. The molecule has 1 aromatic carbocycles. The van der Waals surface area contributed by atoms with Gasteiger partial charge < -0.3 is 15.6 Å². The van der Waals surface area contributed by atoms with Crippen molar-refractivity contribution in [2.24, 2.45) is 18.7 Å². The second-order valence-electron chi connectivity index (χ2n) is 6.48. The highest BCUT2D eigenvalue weighted by molar-refractivity contribution is 5.77. The number of amides is 1. The van der Waals surface area contributed by atoms with E-state index in [4.69, 9.17) is 5.73 Å². The summed E-state index contributed by atoms with van der Waals surface area (Å²) in [5, 5.41) is 2.95. The van der Waals surface area contributed by atoms with E-state index in [1.165, 1.54) is 6.07 Å². The van der Waals surface area contributed by atoms with Gasteiger partial charge in [-0.05, 0) is 24.8 Å². The molecule has 1 fully saturated rings. The summed E-state index contributed by atoms with van der Waals surface area (Å²) in [6, 6.07) is 5.92. The number of halogens is 1. The van der Waals surface area contributed by atoms with E-state index in [2.05, 4.69) is 10.3 Å². The minimum Gasteiger partial charge on any atom is -0.342 e. The Labute approximate surface area is 141 Å². The standard InChI is InChI=1S/C18H23FN4O/c1-23-10-9-21-18(23)17(13-6-2-3-7-14(13)19)22-16(24)11-12-5-4-8-15(12)20/h2-3,6-7,9-10,12,15,17H,4-5,8,11,20H2,1H3,(H,22,24)/t12-,15+,17?/m0/s1. The summed E-state index contributed by atoms with van der Waals surface area (Å²) < 4.78 is 16.1. The third kappa shape index (κ3) is 3.48. The van der Waals surface area contributed by atoms with Gasteiger partial charge in [-0.15, -0.1) is 0 Å². The van der Waals surface area contributed by atoms with Crippen LogP contribution in [0.5, 0.6) is 0 Å². The van der Waals surface area contributed by atoms with E-state index < -0.39 is 6.04 Å². The zero-order chi connectivity index (χ0) is 17.1. The lowest BCUT2D eigenvalue weighted by molar-refractivity contribution is -0.122. The summed E-state index contributed by atoms with van der Waals surface area (Å²) in [6.07, 6.45) is 6.80. The topological polar surface area (TPSA) is 72.9 Å². The Balaban J connectivity index is 1.82. The van der Waals surface area contributed by atoms with Gasteiger partial charge in [-0.3, -0.25) is 4.79 Å². The van der Waals surface area contributed by atoms with Crippen LogP contribution >= 0.6 is 0 Å². The number of hydrogen-bond donors (Lipinski definition) is 2. The minimum atomic E-state index is -0.615. The van der Waals surface area contributed by atoms with Crippen LogP contribution in [0.15, 0.2) is 36.7 Å². The largest absolute Gasteiger partial charge is 0.342 e. The van der Waals surface area contributed by atoms with Gasteiger partial charge in [0.05, 0.1) is 0 Å². The molecule has 24 heavy (non-hydrogen) atoms. The molecule has 1 aliphatic rings. The van der Waals surface area contributed by atoms with Gasteiger partial charge >= 0.3 is 0 Å². The summed E-state index contributed by atoms with van der Waals surface area (Å²) in [4.78, 5) is 16.8. The van der Waals surface area contributed by atoms with Crippen LogP contribution in [0.4, 0.5) is 4.39 Å². The fourth-order valence-electron chi connectivity index (χ4n) is 3.42. The van der Waals surface area contributed by atoms with E-state index in [1.54, 1.807) is 35.2 Å². The lowest BCUT2D eigenvalue weighted by atomic mass is 9.99. The Bertz CT molecular complexity index is 715. The number of nitrogens with zero attached hydrogens (tertiary/aromatic N) is 2. The molecule has 1 unspecified atom stereocenters. The molecular formula is C18H23FN4O. The lowest BCUT2D eigenvalue weighted by Crippen LogP contribution is -2.35. The molecule has 128 valence electrons. The van der Waals surface area contributed by atoms with Gasteiger partial charge in [-0.25, -0.2) is 9.37 Å². The van der Waals surface area contributed by atoms with Crippen LogP contribution in [0.2, 0.25) is 0 Å². The Hall–Kier alpha value is -2.21. The lowest BCUT2D eigenvalue weighted by Gasteiger charge is -2.21. The van der Waals surface area contributed by atoms with Crippen LogP contribution in [0.1, 0.15) is 43.1 Å². The number of nitrogens with one attached hydrogen (secondary N) is 1. The third-order valence-corrected chi connectivity index (χ3v) is 4.80. The van der Waals surface area contributed by atoms with Crippen LogP contribution in [0, 0.1) is 11.7 Å². The van der Waals surface area contributed by atoms with Crippen molar-refractivity contribution >= 4 is 5.91 Å². The number of benzene rings is 1. The molecule has 2 aromatic rings. The van der Waals surface area contributed by atoms with E-state index in [9.17, 15) is 9.18 Å². The zero-order valence-electron chi connectivity index (χ0n) is 13.8. The van der Waals surface area contributed by atoms with Crippen LogP contribution in [0.3, 0.4) is 0 Å². The quantitative estimate of drug-likeness (QED) is 0.883. The third-order valence-electron chi connectivity index (χ3n) is 4.80. The number of carbonyl (C=O) groups excluding carboxylic acids is 1. The molecule has 1 saturated carbocycles. The fourth-order valence-corrected chi connectivity index (χ4v) is 3.42. The van der Waals surface area contributed by atoms with Crippen LogP contribution < -0.4 is 11.1 Å². The summed E-state index contributed by atoms with van der Waals surface area (Å²) in [6.45, 7) is 0. The number of carbonyl (C=O) groups is 1. The second-order valence-corrected chi connectivity index (χ2v) is 6.48. The first-order chi connectivity index (χ1) is 11.6. The highest BCUT2D eigenvalue weighted by atomic mass is 19.1. The van der Waals surface area contributed by atoms with Gasteiger partial charge in [0.1, 0.15) is 17.7 Å². The Morgan fingerprint density at radius 3 is 2.88 bits per heavy atom. The highest BCUT2D eigenvalue weighted by Crippen LogP contribution is 2.28. The summed E-state index contributed by atoms with van der Waals surface area (Å²) in [7, 11) is 1.83. The molecular weight excluding hydrogens is 307 g/mol. The molecule has 0 aliphatic heterocycles. The number of imidazole rings is 1. The predicted molar refractivity (Wildman–Crippen MR) is 89.5 cm³/mol. The maximum absolute atomic E-state index is 14.3.